The van der Waals surface area contributed by atoms with Crippen LogP contribution in [0.15, 0.2) is 0 Å². The van der Waals surface area contributed by atoms with Crippen LogP contribution in [0, 0.1) is 5.41 Å². The minimum Gasteiger partial charge on any atom is -0.352 e. The average molecular weight is 285 g/mol. The number of nitrogens with two attached hydrogens (primary N) is 1. The lowest BCUT2D eigenvalue weighted by atomic mass is 9.78. The highest BCUT2D eigenvalue weighted by molar-refractivity contribution is 5.83. The van der Waals surface area contributed by atoms with Gasteiger partial charge in [0.05, 0.1) is 5.41 Å². The Morgan fingerprint density at radius 2 is 1.65 bits per heavy atom. The molecule has 0 saturated carbocycles. The highest BCUT2D eigenvalue weighted by Crippen LogP contribution is 2.29. The van der Waals surface area contributed by atoms with Gasteiger partial charge in [0.2, 0.25) is 5.91 Å². The average Bonchev–Trinajstić information content (AvgIpc) is 2.44. The van der Waals surface area contributed by atoms with Crippen molar-refractivity contribution < 1.29 is 4.79 Å². The van der Waals surface area contributed by atoms with Gasteiger partial charge in [0, 0.05) is 19.1 Å². The van der Waals surface area contributed by atoms with Gasteiger partial charge in [-0.3, -0.25) is 4.79 Å². The molecule has 0 aliphatic rings. The summed E-state index contributed by atoms with van der Waals surface area (Å²) in [5.41, 5.74) is 5.56. The summed E-state index contributed by atoms with van der Waals surface area (Å²) in [5, 5.41) is 3.18. The van der Waals surface area contributed by atoms with Gasteiger partial charge in [-0.05, 0) is 32.9 Å². The molecule has 4 nitrogen and oxygen atoms in total. The normalized spacial score (nSPS) is 13.6. The molecule has 1 unspecified atom stereocenters. The first kappa shape index (κ1) is 19.4. The van der Waals surface area contributed by atoms with E-state index in [1.807, 2.05) is 0 Å². The van der Waals surface area contributed by atoms with Gasteiger partial charge in [0.15, 0.2) is 0 Å². The molecule has 0 bridgehead atoms. The van der Waals surface area contributed by atoms with E-state index >= 15 is 0 Å². The van der Waals surface area contributed by atoms with Crippen LogP contribution in [0.5, 0.6) is 0 Å². The number of carbonyl (C=O) groups is 1. The summed E-state index contributed by atoms with van der Waals surface area (Å²) in [6, 6.07) is 0.169. The van der Waals surface area contributed by atoms with Crippen LogP contribution in [-0.2, 0) is 4.79 Å². The fraction of sp³-hybridized carbons (Fsp3) is 0.938. The van der Waals surface area contributed by atoms with Crippen LogP contribution in [0.1, 0.15) is 60.3 Å². The van der Waals surface area contributed by atoms with E-state index in [1.165, 1.54) is 0 Å². The number of nitrogens with one attached hydrogen (secondary N) is 1. The first-order chi connectivity index (χ1) is 9.49. The number of hydrogen-bond donors (Lipinski definition) is 2. The lowest BCUT2D eigenvalue weighted by Gasteiger charge is -2.33. The Hall–Kier alpha value is -0.610. The fourth-order valence-corrected chi connectivity index (χ4v) is 2.90. The second kappa shape index (κ2) is 10.2. The maximum atomic E-state index is 12.6. The van der Waals surface area contributed by atoms with E-state index in [4.69, 9.17) is 5.73 Å². The third-order valence-corrected chi connectivity index (χ3v) is 4.13. The van der Waals surface area contributed by atoms with Crippen molar-refractivity contribution in [3.05, 3.63) is 0 Å². The summed E-state index contributed by atoms with van der Waals surface area (Å²) in [7, 11) is 0. The van der Waals surface area contributed by atoms with Gasteiger partial charge in [-0.25, -0.2) is 0 Å². The van der Waals surface area contributed by atoms with E-state index in [2.05, 4.69) is 44.8 Å². The molecule has 0 aromatic rings. The monoisotopic (exact) mass is 285 g/mol. The molecule has 1 atom stereocenters. The molecule has 3 N–H and O–H groups in total. The summed E-state index contributed by atoms with van der Waals surface area (Å²) in [5.74, 6) is 0.142. The van der Waals surface area contributed by atoms with E-state index in [0.29, 0.717) is 6.54 Å². The van der Waals surface area contributed by atoms with E-state index in [1.54, 1.807) is 0 Å². The maximum Gasteiger partial charge on any atom is 0.227 e. The standard InChI is InChI=1S/C16H35N3O/c1-6-10-16(13-17,11-7-2)15(20)18-14(5)12-19(8-3)9-4/h14H,6-13,17H2,1-5H3,(H,18,20). The van der Waals surface area contributed by atoms with Crippen molar-refractivity contribution in [1.82, 2.24) is 10.2 Å². The SMILES string of the molecule is CCCC(CN)(CCC)C(=O)NC(C)CN(CC)CC. The fourth-order valence-electron chi connectivity index (χ4n) is 2.90. The number of nitrogens with zero attached hydrogens (tertiary/aromatic N) is 1. The molecule has 0 saturated heterocycles. The molecule has 4 heteroatoms. The Kier molecular flexibility index (Phi) is 9.86. The number of likely N-dealkylation sites (N-methyl/N-ethyl adjacent to an activating group) is 1. The van der Waals surface area contributed by atoms with Crippen molar-refractivity contribution in [2.45, 2.75) is 66.3 Å². The van der Waals surface area contributed by atoms with Crippen molar-refractivity contribution in [2.24, 2.45) is 11.1 Å². The summed E-state index contributed by atoms with van der Waals surface area (Å²) >= 11 is 0. The molecule has 0 aromatic carbocycles. The Labute approximate surface area is 125 Å². The molecule has 0 aromatic heterocycles. The van der Waals surface area contributed by atoms with Gasteiger partial charge in [-0.2, -0.15) is 0 Å². The molecular formula is C16H35N3O. The van der Waals surface area contributed by atoms with Crippen LogP contribution in [-0.4, -0.2) is 43.0 Å². The molecule has 0 fully saturated rings. The van der Waals surface area contributed by atoms with Gasteiger partial charge < -0.3 is 16.0 Å². The third-order valence-electron chi connectivity index (χ3n) is 4.13. The lowest BCUT2D eigenvalue weighted by Crippen LogP contribution is -2.51. The zero-order valence-electron chi connectivity index (χ0n) is 14.2. The van der Waals surface area contributed by atoms with Crippen LogP contribution in [0.4, 0.5) is 0 Å². The lowest BCUT2D eigenvalue weighted by molar-refractivity contribution is -0.132. The quantitative estimate of drug-likeness (QED) is 0.613. The van der Waals surface area contributed by atoms with Gasteiger partial charge in [0.25, 0.3) is 0 Å². The van der Waals surface area contributed by atoms with Crippen molar-refractivity contribution in [3.63, 3.8) is 0 Å². The third kappa shape index (κ3) is 5.80. The van der Waals surface area contributed by atoms with E-state index in [-0.39, 0.29) is 17.4 Å². The topological polar surface area (TPSA) is 58.4 Å². The molecule has 0 spiro atoms. The molecule has 0 aliphatic heterocycles. The number of amides is 1. The van der Waals surface area contributed by atoms with E-state index < -0.39 is 0 Å². The molecule has 120 valence electrons. The first-order valence-electron chi connectivity index (χ1n) is 8.22. The van der Waals surface area contributed by atoms with Gasteiger partial charge in [-0.1, -0.05) is 40.5 Å². The zero-order chi connectivity index (χ0) is 15.6. The molecule has 0 aliphatic carbocycles. The minimum absolute atomic E-state index is 0.142. The Balaban J connectivity index is 4.66. The van der Waals surface area contributed by atoms with Crippen LogP contribution in [0.25, 0.3) is 0 Å². The molecular weight excluding hydrogens is 250 g/mol. The van der Waals surface area contributed by atoms with Gasteiger partial charge in [-0.15, -0.1) is 0 Å². The largest absolute Gasteiger partial charge is 0.352 e. The second-order valence-electron chi connectivity index (χ2n) is 5.84. The molecule has 1 amide bonds. The van der Waals surface area contributed by atoms with Crippen molar-refractivity contribution in [1.29, 1.82) is 0 Å². The molecule has 0 heterocycles. The van der Waals surface area contributed by atoms with Crippen molar-refractivity contribution in [2.75, 3.05) is 26.2 Å². The smallest absolute Gasteiger partial charge is 0.227 e. The van der Waals surface area contributed by atoms with Gasteiger partial charge >= 0.3 is 0 Å². The Morgan fingerprint density at radius 1 is 1.15 bits per heavy atom. The van der Waals surface area contributed by atoms with Crippen LogP contribution in [0.2, 0.25) is 0 Å². The number of rotatable bonds is 11. The van der Waals surface area contributed by atoms with Crippen molar-refractivity contribution in [3.8, 4) is 0 Å². The van der Waals surface area contributed by atoms with Gasteiger partial charge in [0.1, 0.15) is 0 Å². The van der Waals surface area contributed by atoms with Crippen LogP contribution < -0.4 is 11.1 Å². The summed E-state index contributed by atoms with van der Waals surface area (Å²) in [6.45, 7) is 14.0. The van der Waals surface area contributed by atoms with Crippen LogP contribution >= 0.6 is 0 Å². The van der Waals surface area contributed by atoms with E-state index in [9.17, 15) is 4.79 Å². The van der Waals surface area contributed by atoms with E-state index in [0.717, 1.165) is 45.3 Å². The zero-order valence-corrected chi connectivity index (χ0v) is 14.2. The summed E-state index contributed by atoms with van der Waals surface area (Å²) in [6.07, 6.45) is 3.74. The predicted molar refractivity (Wildman–Crippen MR) is 86.7 cm³/mol. The molecule has 0 radical (unpaired) electrons. The highest BCUT2D eigenvalue weighted by Gasteiger charge is 2.35. The molecule has 0 rings (SSSR count). The molecule has 20 heavy (non-hydrogen) atoms. The Morgan fingerprint density at radius 3 is 2.00 bits per heavy atom. The Bertz CT molecular complexity index is 258. The summed E-state index contributed by atoms with van der Waals surface area (Å²) < 4.78 is 0. The highest BCUT2D eigenvalue weighted by atomic mass is 16.2. The minimum atomic E-state index is -0.374. The number of hydrogen-bond acceptors (Lipinski definition) is 3. The summed E-state index contributed by atoms with van der Waals surface area (Å²) in [4.78, 5) is 15.0. The van der Waals surface area contributed by atoms with Crippen molar-refractivity contribution >= 4 is 5.91 Å². The number of carbonyl (C=O) groups excluding carboxylic acids is 1. The predicted octanol–water partition coefficient (Wildman–Crippen LogP) is 2.38. The maximum absolute atomic E-state index is 12.6. The first-order valence-corrected chi connectivity index (χ1v) is 8.22. The second-order valence-corrected chi connectivity index (χ2v) is 5.84. The van der Waals surface area contributed by atoms with Crippen LogP contribution in [0.3, 0.4) is 0 Å².